The van der Waals surface area contributed by atoms with Crippen LogP contribution in [0.5, 0.6) is 0 Å². The first-order chi connectivity index (χ1) is 9.63. The van der Waals surface area contributed by atoms with E-state index in [0.29, 0.717) is 18.9 Å². The molecule has 2 N–H and O–H groups in total. The highest BCUT2D eigenvalue weighted by Crippen LogP contribution is 2.13. The van der Waals surface area contributed by atoms with Crippen LogP contribution < -0.4 is 10.6 Å². The van der Waals surface area contributed by atoms with Crippen molar-refractivity contribution in [3.8, 4) is 0 Å². The molecule has 0 aromatic heterocycles. The van der Waals surface area contributed by atoms with E-state index in [1.807, 2.05) is 30.3 Å². The van der Waals surface area contributed by atoms with E-state index in [4.69, 9.17) is 4.74 Å². The quantitative estimate of drug-likeness (QED) is 0.650. The predicted molar refractivity (Wildman–Crippen MR) is 81.0 cm³/mol. The third kappa shape index (κ3) is 6.79. The van der Waals surface area contributed by atoms with Crippen molar-refractivity contribution >= 4 is 16.7 Å². The monoisotopic (exact) mass is 298 g/mol. The van der Waals surface area contributed by atoms with Crippen molar-refractivity contribution in [2.24, 2.45) is 0 Å². The summed E-state index contributed by atoms with van der Waals surface area (Å²) in [4.78, 5) is 11.9. The van der Waals surface area contributed by atoms with E-state index in [9.17, 15) is 9.00 Å². The lowest BCUT2D eigenvalue weighted by molar-refractivity contribution is -0.120. The van der Waals surface area contributed by atoms with Crippen molar-refractivity contribution < 1.29 is 13.7 Å². The van der Waals surface area contributed by atoms with Gasteiger partial charge in [0, 0.05) is 36.5 Å². The molecule has 6 heteroatoms. The third-order valence-electron chi connectivity index (χ3n) is 2.71. The van der Waals surface area contributed by atoms with Crippen molar-refractivity contribution in [1.29, 1.82) is 0 Å². The standard InChI is InChI=1S/C14H22N2O3S/c1-19-9-8-15-10-14(17)16-13(11-20(2)18)12-6-4-3-5-7-12/h3-7,13,15H,8-11H2,1-2H3,(H,16,17). The van der Waals surface area contributed by atoms with Crippen molar-refractivity contribution in [2.45, 2.75) is 6.04 Å². The summed E-state index contributed by atoms with van der Waals surface area (Å²) in [5.74, 6) is 0.300. The Bertz CT molecular complexity index is 426. The first kappa shape index (κ1) is 16.8. The topological polar surface area (TPSA) is 67.4 Å². The van der Waals surface area contributed by atoms with E-state index in [1.165, 1.54) is 0 Å². The minimum absolute atomic E-state index is 0.111. The highest BCUT2D eigenvalue weighted by atomic mass is 32.2. The Balaban J connectivity index is 2.52. The zero-order chi connectivity index (χ0) is 14.8. The summed E-state index contributed by atoms with van der Waals surface area (Å²) < 4.78 is 16.3. The zero-order valence-electron chi connectivity index (χ0n) is 11.9. The second kappa shape index (κ2) is 9.63. The molecule has 0 aliphatic heterocycles. The maximum absolute atomic E-state index is 11.9. The molecule has 1 amide bonds. The molecule has 20 heavy (non-hydrogen) atoms. The summed E-state index contributed by atoms with van der Waals surface area (Å²) in [6, 6.07) is 9.36. The number of ether oxygens (including phenoxy) is 1. The molecule has 1 aromatic carbocycles. The van der Waals surface area contributed by atoms with Gasteiger partial charge >= 0.3 is 0 Å². The molecule has 0 bridgehead atoms. The van der Waals surface area contributed by atoms with Crippen molar-refractivity contribution in [3.05, 3.63) is 35.9 Å². The molecular formula is C14H22N2O3S. The lowest BCUT2D eigenvalue weighted by Gasteiger charge is -2.18. The molecule has 112 valence electrons. The first-order valence-electron chi connectivity index (χ1n) is 6.47. The van der Waals surface area contributed by atoms with Crippen LogP contribution in [0.1, 0.15) is 11.6 Å². The molecule has 0 heterocycles. The average molecular weight is 298 g/mol. The Kier molecular flexibility index (Phi) is 8.10. The van der Waals surface area contributed by atoms with Gasteiger partial charge in [-0.05, 0) is 5.56 Å². The highest BCUT2D eigenvalue weighted by molar-refractivity contribution is 7.84. The van der Waals surface area contributed by atoms with E-state index in [1.54, 1.807) is 13.4 Å². The van der Waals surface area contributed by atoms with Crippen molar-refractivity contribution in [3.63, 3.8) is 0 Å². The molecular weight excluding hydrogens is 276 g/mol. The lowest BCUT2D eigenvalue weighted by Crippen LogP contribution is -2.38. The molecule has 2 atom stereocenters. The van der Waals surface area contributed by atoms with Crippen LogP contribution in [0.4, 0.5) is 0 Å². The summed E-state index contributed by atoms with van der Waals surface area (Å²) in [7, 11) is 0.638. The average Bonchev–Trinajstić information content (AvgIpc) is 2.43. The molecule has 0 aliphatic carbocycles. The Morgan fingerprint density at radius 2 is 2.05 bits per heavy atom. The number of amides is 1. The van der Waals surface area contributed by atoms with Crippen LogP contribution in [0.25, 0.3) is 0 Å². The number of methoxy groups -OCH3 is 1. The normalized spacial score (nSPS) is 13.7. The molecule has 0 spiro atoms. The van der Waals surface area contributed by atoms with Crippen LogP contribution >= 0.6 is 0 Å². The first-order valence-corrected chi connectivity index (χ1v) is 8.20. The number of hydrogen-bond donors (Lipinski definition) is 2. The van der Waals surface area contributed by atoms with Gasteiger partial charge in [-0.1, -0.05) is 30.3 Å². The maximum atomic E-state index is 11.9. The van der Waals surface area contributed by atoms with Gasteiger partial charge in [-0.2, -0.15) is 0 Å². The van der Waals surface area contributed by atoms with E-state index in [-0.39, 0.29) is 18.5 Å². The van der Waals surface area contributed by atoms with Crippen LogP contribution in [0, 0.1) is 0 Å². The van der Waals surface area contributed by atoms with Crippen LogP contribution in [-0.2, 0) is 20.3 Å². The van der Waals surface area contributed by atoms with Gasteiger partial charge in [0.05, 0.1) is 19.2 Å². The van der Waals surface area contributed by atoms with E-state index in [0.717, 1.165) is 5.56 Å². The molecule has 5 nitrogen and oxygen atoms in total. The molecule has 2 unspecified atom stereocenters. The largest absolute Gasteiger partial charge is 0.383 e. The second-order valence-electron chi connectivity index (χ2n) is 4.44. The molecule has 0 saturated carbocycles. The minimum Gasteiger partial charge on any atom is -0.383 e. The molecule has 0 fully saturated rings. The Labute approximate surface area is 122 Å². The molecule has 0 aliphatic rings. The van der Waals surface area contributed by atoms with Crippen LogP contribution in [0.2, 0.25) is 0 Å². The van der Waals surface area contributed by atoms with Gasteiger partial charge in [0.1, 0.15) is 0 Å². The Hall–Kier alpha value is -1.24. The van der Waals surface area contributed by atoms with Crippen LogP contribution in [0.15, 0.2) is 30.3 Å². The minimum atomic E-state index is -0.976. The van der Waals surface area contributed by atoms with Crippen LogP contribution in [-0.4, -0.2) is 48.9 Å². The van der Waals surface area contributed by atoms with Crippen molar-refractivity contribution in [2.75, 3.05) is 38.8 Å². The Morgan fingerprint density at radius 1 is 1.35 bits per heavy atom. The summed E-state index contributed by atoms with van der Waals surface area (Å²) in [6.45, 7) is 1.41. The molecule has 0 radical (unpaired) electrons. The fraction of sp³-hybridized carbons (Fsp3) is 0.500. The molecule has 1 rings (SSSR count). The van der Waals surface area contributed by atoms with Crippen LogP contribution in [0.3, 0.4) is 0 Å². The number of benzene rings is 1. The highest BCUT2D eigenvalue weighted by Gasteiger charge is 2.15. The fourth-order valence-corrected chi connectivity index (χ4v) is 2.51. The van der Waals surface area contributed by atoms with Gasteiger partial charge in [0.15, 0.2) is 0 Å². The van der Waals surface area contributed by atoms with E-state index < -0.39 is 10.8 Å². The van der Waals surface area contributed by atoms with E-state index >= 15 is 0 Å². The van der Waals surface area contributed by atoms with Gasteiger partial charge < -0.3 is 15.4 Å². The van der Waals surface area contributed by atoms with Gasteiger partial charge in [-0.3, -0.25) is 9.00 Å². The number of hydrogen-bond acceptors (Lipinski definition) is 4. The lowest BCUT2D eigenvalue weighted by atomic mass is 10.1. The summed E-state index contributed by atoms with van der Waals surface area (Å²) in [6.07, 6.45) is 1.64. The Morgan fingerprint density at radius 3 is 2.65 bits per heavy atom. The molecule has 1 aromatic rings. The predicted octanol–water partition coefficient (Wildman–Crippen LogP) is 0.458. The number of carbonyl (C=O) groups excluding carboxylic acids is 1. The summed E-state index contributed by atoms with van der Waals surface area (Å²) >= 11 is 0. The maximum Gasteiger partial charge on any atom is 0.234 e. The summed E-state index contributed by atoms with van der Waals surface area (Å²) in [5.41, 5.74) is 0.966. The van der Waals surface area contributed by atoms with Gasteiger partial charge in [-0.25, -0.2) is 0 Å². The van der Waals surface area contributed by atoms with Gasteiger partial charge in [0.25, 0.3) is 0 Å². The van der Waals surface area contributed by atoms with Crippen molar-refractivity contribution in [1.82, 2.24) is 10.6 Å². The van der Waals surface area contributed by atoms with Gasteiger partial charge in [-0.15, -0.1) is 0 Å². The number of carbonyl (C=O) groups is 1. The smallest absolute Gasteiger partial charge is 0.234 e. The fourth-order valence-electron chi connectivity index (χ4n) is 1.76. The number of nitrogens with one attached hydrogen (secondary N) is 2. The SMILES string of the molecule is COCCNCC(=O)NC(CS(C)=O)c1ccccc1. The van der Waals surface area contributed by atoms with E-state index in [2.05, 4.69) is 10.6 Å². The van der Waals surface area contributed by atoms with Gasteiger partial charge in [0.2, 0.25) is 5.91 Å². The third-order valence-corrected chi connectivity index (χ3v) is 3.51. The second-order valence-corrected chi connectivity index (χ2v) is 5.92. The zero-order valence-corrected chi connectivity index (χ0v) is 12.7. The summed E-state index contributed by atoms with van der Waals surface area (Å²) in [5, 5.41) is 5.89. The molecule has 0 saturated heterocycles. The number of rotatable bonds is 9.